The molecule has 0 amide bonds. The predicted octanol–water partition coefficient (Wildman–Crippen LogP) is 2.82. The number of carbonyl (C=O) groups is 1. The van der Waals surface area contributed by atoms with E-state index in [1.54, 1.807) is 6.26 Å². The molecule has 0 saturated carbocycles. The van der Waals surface area contributed by atoms with Crippen molar-refractivity contribution in [2.75, 3.05) is 0 Å². The van der Waals surface area contributed by atoms with Crippen molar-refractivity contribution >= 4 is 6.29 Å². The minimum absolute atomic E-state index is 0.492. The molecule has 66 valence electrons. The predicted molar refractivity (Wildman–Crippen MR) is 47.3 cm³/mol. The lowest BCUT2D eigenvalue weighted by atomic mass is 10.1. The van der Waals surface area contributed by atoms with Crippen LogP contribution in [0.5, 0.6) is 0 Å². The van der Waals surface area contributed by atoms with E-state index in [1.807, 2.05) is 6.07 Å². The smallest absolute Gasteiger partial charge is 0.185 e. The highest BCUT2D eigenvalue weighted by atomic mass is 16.3. The zero-order chi connectivity index (χ0) is 8.81. The number of aryl methyl sites for hydroxylation is 1. The zero-order valence-corrected chi connectivity index (χ0v) is 7.38. The number of hydrogen-bond donors (Lipinski definition) is 0. The molecule has 0 radical (unpaired) electrons. The summed E-state index contributed by atoms with van der Waals surface area (Å²) in [4.78, 5) is 10.4. The van der Waals surface area contributed by atoms with E-state index < -0.39 is 0 Å². The van der Waals surface area contributed by atoms with E-state index in [-0.39, 0.29) is 0 Å². The van der Waals surface area contributed by atoms with Crippen molar-refractivity contribution in [2.24, 2.45) is 0 Å². The molecule has 1 heterocycles. The quantitative estimate of drug-likeness (QED) is 0.497. The van der Waals surface area contributed by atoms with Crippen molar-refractivity contribution < 1.29 is 9.21 Å². The summed E-state index contributed by atoms with van der Waals surface area (Å²) >= 11 is 0. The van der Waals surface area contributed by atoms with Crippen LogP contribution in [0.1, 0.15) is 42.3 Å². The van der Waals surface area contributed by atoms with Crippen LogP contribution < -0.4 is 0 Å². The summed E-state index contributed by atoms with van der Waals surface area (Å²) in [5.41, 5.74) is 1.04. The van der Waals surface area contributed by atoms with Crippen LogP contribution in [-0.4, -0.2) is 6.29 Å². The Morgan fingerprint density at radius 1 is 1.50 bits per heavy atom. The summed E-state index contributed by atoms with van der Waals surface area (Å²) < 4.78 is 4.98. The topological polar surface area (TPSA) is 30.2 Å². The van der Waals surface area contributed by atoms with Gasteiger partial charge in [0.1, 0.15) is 0 Å². The summed E-state index contributed by atoms with van der Waals surface area (Å²) in [5.74, 6) is 0.492. The number of aldehydes is 1. The molecule has 2 nitrogen and oxygen atoms in total. The Labute approximate surface area is 72.6 Å². The van der Waals surface area contributed by atoms with Gasteiger partial charge in [-0.25, -0.2) is 0 Å². The van der Waals surface area contributed by atoms with Crippen LogP contribution >= 0.6 is 0 Å². The van der Waals surface area contributed by atoms with E-state index >= 15 is 0 Å². The number of furan rings is 1. The van der Waals surface area contributed by atoms with Gasteiger partial charge < -0.3 is 4.42 Å². The van der Waals surface area contributed by atoms with E-state index in [2.05, 4.69) is 6.92 Å². The van der Waals surface area contributed by atoms with E-state index in [4.69, 9.17) is 4.42 Å². The molecule has 12 heavy (non-hydrogen) atoms. The average Bonchev–Trinajstić information content (AvgIpc) is 2.52. The third-order valence-electron chi connectivity index (χ3n) is 1.94. The second-order valence-corrected chi connectivity index (χ2v) is 2.89. The van der Waals surface area contributed by atoms with Gasteiger partial charge in [-0.1, -0.05) is 19.8 Å². The van der Waals surface area contributed by atoms with Gasteiger partial charge in [-0.3, -0.25) is 4.79 Å². The lowest BCUT2D eigenvalue weighted by Crippen LogP contribution is -1.87. The summed E-state index contributed by atoms with van der Waals surface area (Å²) in [6.45, 7) is 2.16. The van der Waals surface area contributed by atoms with Gasteiger partial charge in [0, 0.05) is 5.56 Å². The molecular formula is C10H14O2. The Morgan fingerprint density at radius 2 is 2.33 bits per heavy atom. The van der Waals surface area contributed by atoms with Crippen LogP contribution in [0.25, 0.3) is 0 Å². The molecule has 1 rings (SSSR count). The minimum Gasteiger partial charge on any atom is -0.461 e. The van der Waals surface area contributed by atoms with Crippen LogP contribution in [0.15, 0.2) is 16.7 Å². The lowest BCUT2D eigenvalue weighted by Gasteiger charge is -1.95. The van der Waals surface area contributed by atoms with E-state index in [0.717, 1.165) is 24.7 Å². The summed E-state index contributed by atoms with van der Waals surface area (Å²) in [6, 6.07) is 1.87. The standard InChI is InChI=1S/C10H14O2/c1-2-3-4-5-9-6-7-12-10(9)8-11/h6-8H,2-5H2,1H3. The lowest BCUT2D eigenvalue weighted by molar-refractivity contribution is 0.109. The van der Waals surface area contributed by atoms with Gasteiger partial charge in [-0.15, -0.1) is 0 Å². The molecule has 0 saturated heterocycles. The second-order valence-electron chi connectivity index (χ2n) is 2.89. The van der Waals surface area contributed by atoms with E-state index in [0.29, 0.717) is 5.76 Å². The first-order valence-corrected chi connectivity index (χ1v) is 4.40. The molecule has 0 aromatic carbocycles. The molecule has 0 bridgehead atoms. The van der Waals surface area contributed by atoms with Crippen molar-refractivity contribution in [2.45, 2.75) is 32.6 Å². The molecular weight excluding hydrogens is 152 g/mol. The first-order valence-electron chi connectivity index (χ1n) is 4.40. The first-order chi connectivity index (χ1) is 5.88. The maximum atomic E-state index is 10.4. The van der Waals surface area contributed by atoms with Gasteiger partial charge in [-0.2, -0.15) is 0 Å². The number of hydrogen-bond acceptors (Lipinski definition) is 2. The number of unbranched alkanes of at least 4 members (excludes halogenated alkanes) is 2. The Kier molecular flexibility index (Phi) is 3.58. The average molecular weight is 166 g/mol. The molecule has 1 aromatic heterocycles. The molecule has 0 atom stereocenters. The fourth-order valence-electron chi connectivity index (χ4n) is 1.22. The summed E-state index contributed by atoms with van der Waals surface area (Å²) in [7, 11) is 0. The normalized spacial score (nSPS) is 10.1. The highest BCUT2D eigenvalue weighted by molar-refractivity contribution is 5.72. The molecule has 0 aliphatic heterocycles. The molecule has 0 aliphatic rings. The van der Waals surface area contributed by atoms with Gasteiger partial charge in [0.15, 0.2) is 12.0 Å². The maximum Gasteiger partial charge on any atom is 0.185 e. The number of rotatable bonds is 5. The zero-order valence-electron chi connectivity index (χ0n) is 7.38. The largest absolute Gasteiger partial charge is 0.461 e. The third kappa shape index (κ3) is 2.22. The van der Waals surface area contributed by atoms with Crippen LogP contribution in [-0.2, 0) is 6.42 Å². The molecule has 2 heteroatoms. The van der Waals surface area contributed by atoms with Crippen molar-refractivity contribution in [3.8, 4) is 0 Å². The Hall–Kier alpha value is -1.05. The second kappa shape index (κ2) is 4.75. The summed E-state index contributed by atoms with van der Waals surface area (Å²) in [6.07, 6.45) is 6.86. The van der Waals surface area contributed by atoms with Crippen LogP contribution in [0.4, 0.5) is 0 Å². The Morgan fingerprint density at radius 3 is 3.00 bits per heavy atom. The molecule has 0 aliphatic carbocycles. The van der Waals surface area contributed by atoms with E-state index in [9.17, 15) is 4.79 Å². The van der Waals surface area contributed by atoms with Crippen LogP contribution in [0.3, 0.4) is 0 Å². The van der Waals surface area contributed by atoms with Crippen LogP contribution in [0, 0.1) is 0 Å². The molecule has 0 fully saturated rings. The van der Waals surface area contributed by atoms with Crippen molar-refractivity contribution in [1.82, 2.24) is 0 Å². The fraction of sp³-hybridized carbons (Fsp3) is 0.500. The van der Waals surface area contributed by atoms with Crippen molar-refractivity contribution in [1.29, 1.82) is 0 Å². The van der Waals surface area contributed by atoms with Gasteiger partial charge in [0.2, 0.25) is 0 Å². The van der Waals surface area contributed by atoms with Gasteiger partial charge in [0.25, 0.3) is 0 Å². The maximum absolute atomic E-state index is 10.4. The van der Waals surface area contributed by atoms with Gasteiger partial charge >= 0.3 is 0 Å². The van der Waals surface area contributed by atoms with Crippen LogP contribution in [0.2, 0.25) is 0 Å². The van der Waals surface area contributed by atoms with Gasteiger partial charge in [0.05, 0.1) is 6.26 Å². The Balaban J connectivity index is 2.45. The first kappa shape index (κ1) is 9.04. The van der Waals surface area contributed by atoms with Gasteiger partial charge in [-0.05, 0) is 18.9 Å². The third-order valence-corrected chi connectivity index (χ3v) is 1.94. The van der Waals surface area contributed by atoms with Crippen molar-refractivity contribution in [3.63, 3.8) is 0 Å². The fourth-order valence-corrected chi connectivity index (χ4v) is 1.22. The monoisotopic (exact) mass is 166 g/mol. The molecule has 1 aromatic rings. The summed E-state index contributed by atoms with van der Waals surface area (Å²) in [5, 5.41) is 0. The molecule has 0 unspecified atom stereocenters. The molecule has 0 spiro atoms. The Bertz CT molecular complexity index is 238. The molecule has 0 N–H and O–H groups in total. The minimum atomic E-state index is 0.492. The SMILES string of the molecule is CCCCCc1ccoc1C=O. The highest BCUT2D eigenvalue weighted by Crippen LogP contribution is 2.11. The van der Waals surface area contributed by atoms with E-state index in [1.165, 1.54) is 12.8 Å². The number of carbonyl (C=O) groups excluding carboxylic acids is 1. The highest BCUT2D eigenvalue weighted by Gasteiger charge is 2.03. The van der Waals surface area contributed by atoms with Crippen molar-refractivity contribution in [3.05, 3.63) is 23.7 Å².